The zero-order valence-electron chi connectivity index (χ0n) is 11.8. The number of hydrogen-bond acceptors (Lipinski definition) is 2. The number of likely N-dealkylation sites (tertiary alicyclic amines) is 1. The zero-order chi connectivity index (χ0) is 14.6. The van der Waals surface area contributed by atoms with Crippen molar-refractivity contribution in [3.05, 3.63) is 29.3 Å². The van der Waals surface area contributed by atoms with Crippen LogP contribution in [0.15, 0.2) is 18.2 Å². The number of benzene rings is 1. The molecule has 2 bridgehead atoms. The lowest BCUT2D eigenvalue weighted by molar-refractivity contribution is 0.0697. The van der Waals surface area contributed by atoms with Gasteiger partial charge in [0.15, 0.2) is 0 Å². The molecule has 2 fully saturated rings. The third kappa shape index (κ3) is 1.91. The molecular formula is C16H18N2O3. The van der Waals surface area contributed by atoms with Gasteiger partial charge in [0.1, 0.15) is 0 Å². The number of carboxylic acids is 1. The molecule has 2 atom stereocenters. The molecule has 21 heavy (non-hydrogen) atoms. The van der Waals surface area contributed by atoms with Gasteiger partial charge >= 0.3 is 12.0 Å². The Balaban J connectivity index is 1.59. The average molecular weight is 286 g/mol. The first-order chi connectivity index (χ1) is 10.1. The van der Waals surface area contributed by atoms with Gasteiger partial charge in [0.05, 0.1) is 5.56 Å². The highest BCUT2D eigenvalue weighted by molar-refractivity contribution is 5.96. The fourth-order valence-electron chi connectivity index (χ4n) is 4.05. The van der Waals surface area contributed by atoms with Gasteiger partial charge in [-0.25, -0.2) is 9.59 Å². The summed E-state index contributed by atoms with van der Waals surface area (Å²) >= 11 is 0. The molecule has 1 aromatic rings. The Labute approximate surface area is 123 Å². The number of carbonyl (C=O) groups excluding carboxylic acids is 1. The molecule has 1 N–H and O–H groups in total. The number of rotatable bonds is 1. The fraction of sp³-hybridized carbons (Fsp3) is 0.500. The van der Waals surface area contributed by atoms with E-state index in [1.807, 2.05) is 9.80 Å². The van der Waals surface area contributed by atoms with Crippen LogP contribution in [0.4, 0.5) is 10.5 Å². The van der Waals surface area contributed by atoms with Gasteiger partial charge in [-0.05, 0) is 55.4 Å². The van der Waals surface area contributed by atoms with Gasteiger partial charge in [0.2, 0.25) is 0 Å². The molecule has 1 saturated heterocycles. The van der Waals surface area contributed by atoms with Gasteiger partial charge in [-0.3, -0.25) is 4.90 Å². The summed E-state index contributed by atoms with van der Waals surface area (Å²) in [7, 11) is 0. The minimum Gasteiger partial charge on any atom is -0.478 e. The normalized spacial score (nSPS) is 26.3. The van der Waals surface area contributed by atoms with Crippen molar-refractivity contribution in [2.24, 2.45) is 5.92 Å². The van der Waals surface area contributed by atoms with Crippen LogP contribution in [0, 0.1) is 5.92 Å². The maximum atomic E-state index is 12.8. The van der Waals surface area contributed by atoms with E-state index in [0.29, 0.717) is 24.1 Å². The Hall–Kier alpha value is -2.04. The van der Waals surface area contributed by atoms with Crippen LogP contribution in [0.1, 0.15) is 35.2 Å². The molecule has 0 spiro atoms. The molecule has 1 aromatic carbocycles. The standard InChI is InChI=1S/C16H18N2O3/c19-15(20)12-2-4-14-11(8-12)5-6-17(14)16(21)18-9-10-1-3-13(18)7-10/h2,4,8,10,13H,1,3,5-7,9H2,(H,19,20). The van der Waals surface area contributed by atoms with E-state index in [2.05, 4.69) is 0 Å². The van der Waals surface area contributed by atoms with E-state index in [-0.39, 0.29) is 6.03 Å². The van der Waals surface area contributed by atoms with Gasteiger partial charge in [0.25, 0.3) is 0 Å². The molecular weight excluding hydrogens is 268 g/mol. The first-order valence-corrected chi connectivity index (χ1v) is 7.58. The van der Waals surface area contributed by atoms with Crippen LogP contribution in [-0.4, -0.2) is 41.1 Å². The average Bonchev–Trinajstić information content (AvgIpc) is 3.20. The Morgan fingerprint density at radius 1 is 1.24 bits per heavy atom. The monoisotopic (exact) mass is 286 g/mol. The van der Waals surface area contributed by atoms with Crippen molar-refractivity contribution in [1.29, 1.82) is 0 Å². The molecule has 110 valence electrons. The van der Waals surface area contributed by atoms with E-state index in [4.69, 9.17) is 5.11 Å². The summed E-state index contributed by atoms with van der Waals surface area (Å²) in [4.78, 5) is 27.6. The largest absolute Gasteiger partial charge is 0.478 e. The van der Waals surface area contributed by atoms with Crippen molar-refractivity contribution in [2.45, 2.75) is 31.7 Å². The number of piperidine rings is 1. The lowest BCUT2D eigenvalue weighted by atomic mass is 10.1. The smallest absolute Gasteiger partial charge is 0.335 e. The Morgan fingerprint density at radius 2 is 2.10 bits per heavy atom. The van der Waals surface area contributed by atoms with Crippen LogP contribution in [0.2, 0.25) is 0 Å². The minimum absolute atomic E-state index is 0.101. The van der Waals surface area contributed by atoms with Crippen molar-refractivity contribution >= 4 is 17.7 Å². The van der Waals surface area contributed by atoms with Crippen molar-refractivity contribution in [1.82, 2.24) is 4.90 Å². The van der Waals surface area contributed by atoms with Crippen LogP contribution < -0.4 is 4.90 Å². The predicted molar refractivity (Wildman–Crippen MR) is 77.7 cm³/mol. The maximum absolute atomic E-state index is 12.8. The summed E-state index contributed by atoms with van der Waals surface area (Å²) in [5.74, 6) is -0.227. The third-order valence-corrected chi connectivity index (χ3v) is 5.11. The zero-order valence-corrected chi connectivity index (χ0v) is 11.8. The second-order valence-corrected chi connectivity index (χ2v) is 6.32. The minimum atomic E-state index is -0.917. The van der Waals surface area contributed by atoms with Gasteiger partial charge in [-0.2, -0.15) is 0 Å². The highest BCUT2D eigenvalue weighted by Crippen LogP contribution is 2.39. The summed E-state index contributed by atoms with van der Waals surface area (Å²) < 4.78 is 0. The molecule has 2 heterocycles. The summed E-state index contributed by atoms with van der Waals surface area (Å²) in [6.45, 7) is 1.55. The van der Waals surface area contributed by atoms with E-state index >= 15 is 0 Å². The first-order valence-electron chi connectivity index (χ1n) is 7.58. The highest BCUT2D eigenvalue weighted by atomic mass is 16.4. The summed E-state index contributed by atoms with van der Waals surface area (Å²) in [5.41, 5.74) is 2.14. The van der Waals surface area contributed by atoms with Crippen LogP contribution in [0.5, 0.6) is 0 Å². The summed E-state index contributed by atoms with van der Waals surface area (Å²) in [5, 5.41) is 9.05. The van der Waals surface area contributed by atoms with Crippen molar-refractivity contribution in [3.63, 3.8) is 0 Å². The number of carboxylic acid groups (broad SMARTS) is 1. The molecule has 3 aliphatic rings. The maximum Gasteiger partial charge on any atom is 0.335 e. The van der Waals surface area contributed by atoms with Gasteiger partial charge in [-0.1, -0.05) is 0 Å². The summed E-state index contributed by atoms with van der Waals surface area (Å²) in [6, 6.07) is 5.58. The third-order valence-electron chi connectivity index (χ3n) is 5.11. The molecule has 5 heteroatoms. The number of aromatic carboxylic acids is 1. The number of urea groups is 1. The lowest BCUT2D eigenvalue weighted by Crippen LogP contribution is -2.46. The van der Waals surface area contributed by atoms with Crippen LogP contribution in [0.25, 0.3) is 0 Å². The lowest BCUT2D eigenvalue weighted by Gasteiger charge is -2.31. The van der Waals surface area contributed by atoms with Gasteiger partial charge in [0, 0.05) is 24.8 Å². The molecule has 2 aliphatic heterocycles. The van der Waals surface area contributed by atoms with Crippen molar-refractivity contribution in [2.75, 3.05) is 18.0 Å². The number of nitrogens with zero attached hydrogens (tertiary/aromatic N) is 2. The number of amides is 2. The Bertz CT molecular complexity index is 628. The number of anilines is 1. The van der Waals surface area contributed by atoms with E-state index < -0.39 is 5.97 Å². The van der Waals surface area contributed by atoms with E-state index in [0.717, 1.165) is 37.1 Å². The van der Waals surface area contributed by atoms with Crippen LogP contribution in [0.3, 0.4) is 0 Å². The second kappa shape index (κ2) is 4.48. The molecule has 1 saturated carbocycles. The fourth-order valence-corrected chi connectivity index (χ4v) is 4.05. The van der Waals surface area contributed by atoms with Crippen LogP contribution >= 0.6 is 0 Å². The molecule has 0 radical (unpaired) electrons. The van der Waals surface area contributed by atoms with Gasteiger partial charge < -0.3 is 10.0 Å². The van der Waals surface area contributed by atoms with Gasteiger partial charge in [-0.15, -0.1) is 0 Å². The molecule has 0 aromatic heterocycles. The molecule has 2 unspecified atom stereocenters. The molecule has 2 amide bonds. The quantitative estimate of drug-likeness (QED) is 0.862. The highest BCUT2D eigenvalue weighted by Gasteiger charge is 2.42. The first kappa shape index (κ1) is 12.7. The molecule has 1 aliphatic carbocycles. The molecule has 4 rings (SSSR count). The molecule has 5 nitrogen and oxygen atoms in total. The van der Waals surface area contributed by atoms with E-state index in [9.17, 15) is 9.59 Å². The van der Waals surface area contributed by atoms with Crippen molar-refractivity contribution < 1.29 is 14.7 Å². The van der Waals surface area contributed by atoms with E-state index in [1.165, 1.54) is 6.42 Å². The Kier molecular flexibility index (Phi) is 2.71. The second-order valence-electron chi connectivity index (χ2n) is 6.32. The summed E-state index contributed by atoms with van der Waals surface area (Å²) in [6.07, 6.45) is 4.29. The topological polar surface area (TPSA) is 60.9 Å². The van der Waals surface area contributed by atoms with Crippen LogP contribution in [-0.2, 0) is 6.42 Å². The van der Waals surface area contributed by atoms with E-state index in [1.54, 1.807) is 18.2 Å². The Morgan fingerprint density at radius 3 is 2.76 bits per heavy atom. The number of carbonyl (C=O) groups is 2. The predicted octanol–water partition coefficient (Wildman–Crippen LogP) is 2.35. The van der Waals surface area contributed by atoms with Crippen molar-refractivity contribution in [3.8, 4) is 0 Å². The number of hydrogen-bond donors (Lipinski definition) is 1. The number of fused-ring (bicyclic) bond motifs is 3. The SMILES string of the molecule is O=C(O)c1ccc2c(c1)CCN2C(=O)N1CC2CCC1C2.